The van der Waals surface area contributed by atoms with Crippen molar-refractivity contribution in [1.29, 1.82) is 5.26 Å². The molecule has 0 fully saturated rings. The summed E-state index contributed by atoms with van der Waals surface area (Å²) in [6, 6.07) is 7.91. The third kappa shape index (κ3) is 4.03. The molecular formula is C12H16N2OS. The van der Waals surface area contributed by atoms with E-state index in [9.17, 15) is 4.21 Å². The van der Waals surface area contributed by atoms with Crippen LogP contribution in [-0.4, -0.2) is 22.8 Å². The third-order valence-corrected chi connectivity index (χ3v) is 3.08. The van der Waals surface area contributed by atoms with Crippen molar-refractivity contribution in [3.05, 3.63) is 29.3 Å². The van der Waals surface area contributed by atoms with Gasteiger partial charge in [-0.05, 0) is 31.0 Å². The van der Waals surface area contributed by atoms with Crippen LogP contribution >= 0.6 is 0 Å². The number of nitriles is 1. The van der Waals surface area contributed by atoms with Gasteiger partial charge in [0.15, 0.2) is 0 Å². The minimum Gasteiger partial charge on any atom is -0.384 e. The van der Waals surface area contributed by atoms with Gasteiger partial charge in [-0.2, -0.15) is 5.26 Å². The Balaban J connectivity index is 2.54. The van der Waals surface area contributed by atoms with Gasteiger partial charge in [0.25, 0.3) is 0 Å². The van der Waals surface area contributed by atoms with Crippen molar-refractivity contribution >= 4 is 16.5 Å². The normalized spacial score (nSPS) is 11.8. The lowest BCUT2D eigenvalue weighted by atomic mass is 10.1. The van der Waals surface area contributed by atoms with Crippen LogP contribution in [0, 0.1) is 18.3 Å². The van der Waals surface area contributed by atoms with E-state index in [1.54, 1.807) is 6.26 Å². The number of hydrogen-bond acceptors (Lipinski definition) is 3. The van der Waals surface area contributed by atoms with E-state index < -0.39 is 10.8 Å². The summed E-state index contributed by atoms with van der Waals surface area (Å²) in [5, 5.41) is 12.1. The van der Waals surface area contributed by atoms with Crippen LogP contribution in [0.2, 0.25) is 0 Å². The Hall–Kier alpha value is -1.34. The van der Waals surface area contributed by atoms with Crippen molar-refractivity contribution in [3.8, 4) is 6.07 Å². The Morgan fingerprint density at radius 1 is 1.50 bits per heavy atom. The van der Waals surface area contributed by atoms with Gasteiger partial charge in [-0.1, -0.05) is 6.07 Å². The van der Waals surface area contributed by atoms with Crippen molar-refractivity contribution in [2.24, 2.45) is 0 Å². The summed E-state index contributed by atoms with van der Waals surface area (Å²) in [6.07, 6.45) is 2.55. The molecule has 0 heterocycles. The molecule has 0 saturated heterocycles. The number of rotatable bonds is 5. The summed E-state index contributed by atoms with van der Waals surface area (Å²) in [5.41, 5.74) is 2.60. The van der Waals surface area contributed by atoms with Crippen LogP contribution in [0.25, 0.3) is 0 Å². The van der Waals surface area contributed by atoms with Crippen LogP contribution in [0.4, 0.5) is 5.69 Å². The van der Waals surface area contributed by atoms with Gasteiger partial charge in [-0.3, -0.25) is 4.21 Å². The molecule has 0 saturated carbocycles. The van der Waals surface area contributed by atoms with Gasteiger partial charge in [0, 0.05) is 29.4 Å². The second-order valence-electron chi connectivity index (χ2n) is 3.72. The van der Waals surface area contributed by atoms with E-state index in [1.165, 1.54) is 0 Å². The lowest BCUT2D eigenvalue weighted by molar-refractivity contribution is 0.685. The zero-order valence-corrected chi connectivity index (χ0v) is 10.4. The molecule has 0 aliphatic heterocycles. The maximum Gasteiger partial charge on any atom is 0.101 e. The van der Waals surface area contributed by atoms with Crippen molar-refractivity contribution < 1.29 is 4.21 Å². The fourth-order valence-corrected chi connectivity index (χ4v) is 1.95. The maximum atomic E-state index is 10.9. The van der Waals surface area contributed by atoms with Crippen molar-refractivity contribution in [2.75, 3.05) is 23.9 Å². The van der Waals surface area contributed by atoms with Crippen LogP contribution in [-0.2, 0) is 10.8 Å². The second-order valence-corrected chi connectivity index (χ2v) is 5.27. The van der Waals surface area contributed by atoms with Crippen molar-refractivity contribution in [3.63, 3.8) is 0 Å². The quantitative estimate of drug-likeness (QED) is 0.796. The highest BCUT2D eigenvalue weighted by molar-refractivity contribution is 7.84. The minimum absolute atomic E-state index is 0.664. The van der Waals surface area contributed by atoms with Gasteiger partial charge >= 0.3 is 0 Å². The Morgan fingerprint density at radius 3 is 2.88 bits per heavy atom. The average molecular weight is 236 g/mol. The first-order chi connectivity index (χ1) is 7.63. The summed E-state index contributed by atoms with van der Waals surface area (Å²) < 4.78 is 10.9. The molecule has 0 radical (unpaired) electrons. The SMILES string of the molecule is Cc1ccc(NCCCS(C)=O)c(C#N)c1. The predicted molar refractivity (Wildman–Crippen MR) is 67.9 cm³/mol. The third-order valence-electron chi connectivity index (χ3n) is 2.22. The van der Waals surface area contributed by atoms with E-state index in [4.69, 9.17) is 5.26 Å². The van der Waals surface area contributed by atoms with Crippen LogP contribution < -0.4 is 5.32 Å². The standard InChI is InChI=1S/C12H16N2OS/c1-10-4-5-12(11(8-10)9-13)14-6-3-7-16(2)15/h4-5,8,14H,3,6-7H2,1-2H3. The van der Waals surface area contributed by atoms with Gasteiger partial charge in [0.2, 0.25) is 0 Å². The molecule has 4 heteroatoms. The summed E-state index contributed by atoms with van der Waals surface area (Å²) in [5.74, 6) is 0.695. The highest BCUT2D eigenvalue weighted by atomic mass is 32.2. The van der Waals surface area contributed by atoms with Gasteiger partial charge in [0.1, 0.15) is 6.07 Å². The van der Waals surface area contributed by atoms with Gasteiger partial charge < -0.3 is 5.32 Å². The van der Waals surface area contributed by atoms with Crippen LogP contribution in [0.5, 0.6) is 0 Å². The topological polar surface area (TPSA) is 52.9 Å². The van der Waals surface area contributed by atoms with Crippen molar-refractivity contribution in [1.82, 2.24) is 0 Å². The van der Waals surface area contributed by atoms with Gasteiger partial charge in [-0.25, -0.2) is 0 Å². The minimum atomic E-state index is -0.739. The second kappa shape index (κ2) is 6.29. The lowest BCUT2D eigenvalue weighted by Gasteiger charge is -2.08. The number of nitrogens with zero attached hydrogens (tertiary/aromatic N) is 1. The van der Waals surface area contributed by atoms with E-state index in [-0.39, 0.29) is 0 Å². The number of aryl methyl sites for hydroxylation is 1. The molecule has 1 aromatic carbocycles. The average Bonchev–Trinajstić information content (AvgIpc) is 2.25. The molecular weight excluding hydrogens is 220 g/mol. The molecule has 0 amide bonds. The fraction of sp³-hybridized carbons (Fsp3) is 0.417. The van der Waals surface area contributed by atoms with Crippen molar-refractivity contribution in [2.45, 2.75) is 13.3 Å². The highest BCUT2D eigenvalue weighted by Gasteiger charge is 2.01. The number of anilines is 1. The predicted octanol–water partition coefficient (Wildman–Crippen LogP) is 2.05. The smallest absolute Gasteiger partial charge is 0.101 e. The fourth-order valence-electron chi connectivity index (χ4n) is 1.40. The first kappa shape index (κ1) is 12.7. The van der Waals surface area contributed by atoms with Gasteiger partial charge in [0.05, 0.1) is 11.3 Å². The van der Waals surface area contributed by atoms with Gasteiger partial charge in [-0.15, -0.1) is 0 Å². The number of benzene rings is 1. The molecule has 1 aromatic rings. The number of nitrogens with one attached hydrogen (secondary N) is 1. The summed E-state index contributed by atoms with van der Waals surface area (Å²) in [4.78, 5) is 0. The van der Waals surface area contributed by atoms with Crippen LogP contribution in [0.1, 0.15) is 17.5 Å². The first-order valence-electron chi connectivity index (χ1n) is 5.18. The van der Waals surface area contributed by atoms with E-state index >= 15 is 0 Å². The van der Waals surface area contributed by atoms with E-state index in [1.807, 2.05) is 25.1 Å². The van der Waals surface area contributed by atoms with E-state index in [0.29, 0.717) is 11.3 Å². The molecule has 1 atom stereocenters. The Bertz CT molecular complexity index is 424. The summed E-state index contributed by atoms with van der Waals surface area (Å²) in [7, 11) is -0.739. The zero-order valence-electron chi connectivity index (χ0n) is 9.62. The lowest BCUT2D eigenvalue weighted by Crippen LogP contribution is -2.07. The van der Waals surface area contributed by atoms with Crippen LogP contribution in [0.3, 0.4) is 0 Å². The maximum absolute atomic E-state index is 10.9. The molecule has 0 aliphatic rings. The monoisotopic (exact) mass is 236 g/mol. The van der Waals surface area contributed by atoms with E-state index in [2.05, 4.69) is 11.4 Å². The Labute approximate surface area is 98.9 Å². The summed E-state index contributed by atoms with van der Waals surface area (Å²) >= 11 is 0. The molecule has 3 nitrogen and oxygen atoms in total. The first-order valence-corrected chi connectivity index (χ1v) is 6.91. The molecule has 1 unspecified atom stereocenters. The molecule has 0 spiro atoms. The van der Waals surface area contributed by atoms with E-state index in [0.717, 1.165) is 24.2 Å². The zero-order chi connectivity index (χ0) is 12.0. The van der Waals surface area contributed by atoms with Crippen LogP contribution in [0.15, 0.2) is 18.2 Å². The molecule has 86 valence electrons. The Kier molecular flexibility index (Phi) is 5.00. The Morgan fingerprint density at radius 2 is 2.25 bits per heavy atom. The largest absolute Gasteiger partial charge is 0.384 e. The molecule has 1 N–H and O–H groups in total. The molecule has 0 aliphatic carbocycles. The molecule has 1 rings (SSSR count). The molecule has 0 aromatic heterocycles. The molecule has 0 bridgehead atoms. The summed E-state index contributed by atoms with van der Waals surface area (Å²) in [6.45, 7) is 2.71. The number of hydrogen-bond donors (Lipinski definition) is 1. The molecule has 16 heavy (non-hydrogen) atoms. The highest BCUT2D eigenvalue weighted by Crippen LogP contribution is 2.15.